The second-order valence-electron chi connectivity index (χ2n) is 9.52. The smallest absolute Gasteiger partial charge is 0.161 e. The molecule has 0 heterocycles. The third-order valence-corrected chi connectivity index (χ3v) is 8.71. The van der Waals surface area contributed by atoms with E-state index in [4.69, 9.17) is 0 Å². The lowest BCUT2D eigenvalue weighted by atomic mass is 9.46. The Balaban J connectivity index is 1.73. The minimum atomic E-state index is -1.22. The van der Waals surface area contributed by atoms with Gasteiger partial charge in [-0.3, -0.25) is 9.59 Å². The molecule has 138 valence electrons. The molecular weight excluding hydrogens is 316 g/mol. The lowest BCUT2D eigenvalue weighted by Crippen LogP contribution is -2.58. The number of hydrogen-bond donors (Lipinski definition) is 2. The van der Waals surface area contributed by atoms with Crippen molar-refractivity contribution in [3.8, 4) is 0 Å². The van der Waals surface area contributed by atoms with E-state index in [0.29, 0.717) is 31.1 Å². The molecule has 4 aliphatic rings. The number of Topliss-reactive ketones (excluding diaryl/α,β-unsaturated/α-hetero) is 1. The highest BCUT2D eigenvalue weighted by atomic mass is 16.3. The number of aliphatic hydroxyl groups is 2. The Morgan fingerprint density at radius 2 is 1.84 bits per heavy atom. The van der Waals surface area contributed by atoms with Crippen LogP contribution in [0.25, 0.3) is 0 Å². The molecule has 3 saturated carbocycles. The van der Waals surface area contributed by atoms with E-state index in [0.717, 1.165) is 31.3 Å². The van der Waals surface area contributed by atoms with Gasteiger partial charge in [-0.15, -0.1) is 0 Å². The van der Waals surface area contributed by atoms with Gasteiger partial charge in [0.1, 0.15) is 5.60 Å². The van der Waals surface area contributed by atoms with Gasteiger partial charge in [-0.05, 0) is 80.3 Å². The van der Waals surface area contributed by atoms with Crippen LogP contribution in [0.5, 0.6) is 0 Å². The van der Waals surface area contributed by atoms with E-state index in [9.17, 15) is 19.8 Å². The van der Waals surface area contributed by atoms with Crippen molar-refractivity contribution in [3.05, 3.63) is 11.6 Å². The molecule has 0 aromatic carbocycles. The van der Waals surface area contributed by atoms with Gasteiger partial charge in [-0.1, -0.05) is 13.8 Å². The van der Waals surface area contributed by atoms with Crippen molar-refractivity contribution in [1.29, 1.82) is 0 Å². The fraction of sp³-hybridized carbons (Fsp3) is 0.810. The molecule has 0 aromatic heterocycles. The van der Waals surface area contributed by atoms with Gasteiger partial charge in [0, 0.05) is 11.8 Å². The molecule has 2 N–H and O–H groups in total. The van der Waals surface area contributed by atoms with E-state index >= 15 is 0 Å². The molecule has 7 atom stereocenters. The summed E-state index contributed by atoms with van der Waals surface area (Å²) in [5.41, 5.74) is -0.780. The molecule has 0 spiro atoms. The first-order valence-corrected chi connectivity index (χ1v) is 9.80. The quantitative estimate of drug-likeness (QED) is 0.766. The lowest BCUT2D eigenvalue weighted by Gasteiger charge is -2.59. The van der Waals surface area contributed by atoms with E-state index in [1.54, 1.807) is 6.08 Å². The molecule has 3 fully saturated rings. The number of carbonyl (C=O) groups excluding carboxylic acids is 2. The van der Waals surface area contributed by atoms with Crippen LogP contribution in [-0.2, 0) is 9.59 Å². The highest BCUT2D eigenvalue weighted by molar-refractivity contribution is 5.92. The van der Waals surface area contributed by atoms with Crippen LogP contribution in [0, 0.1) is 28.6 Å². The van der Waals surface area contributed by atoms with Crippen LogP contribution in [0.2, 0.25) is 0 Å². The van der Waals surface area contributed by atoms with E-state index < -0.39 is 11.7 Å². The molecule has 0 amide bonds. The van der Waals surface area contributed by atoms with E-state index in [2.05, 4.69) is 13.8 Å². The average Bonchev–Trinajstić information content (AvgIpc) is 2.83. The van der Waals surface area contributed by atoms with Crippen LogP contribution in [0.15, 0.2) is 11.6 Å². The summed E-state index contributed by atoms with van der Waals surface area (Å²) in [7, 11) is 0. The van der Waals surface area contributed by atoms with Crippen LogP contribution in [0.3, 0.4) is 0 Å². The Labute approximate surface area is 149 Å². The molecule has 1 unspecified atom stereocenters. The first-order chi connectivity index (χ1) is 11.6. The fourth-order valence-corrected chi connectivity index (χ4v) is 7.20. The van der Waals surface area contributed by atoms with E-state index in [1.807, 2.05) is 0 Å². The van der Waals surface area contributed by atoms with Crippen molar-refractivity contribution in [3.63, 3.8) is 0 Å². The number of aliphatic hydroxyl groups excluding tert-OH is 1. The predicted octanol–water partition coefficient (Wildman–Crippen LogP) is 2.81. The molecule has 4 rings (SSSR count). The van der Waals surface area contributed by atoms with Gasteiger partial charge in [0.15, 0.2) is 11.6 Å². The third kappa shape index (κ3) is 2.07. The number of carbonyl (C=O) groups is 2. The monoisotopic (exact) mass is 346 g/mol. The minimum absolute atomic E-state index is 0.109. The zero-order chi connectivity index (χ0) is 18.2. The fourth-order valence-electron chi connectivity index (χ4n) is 7.20. The molecule has 0 bridgehead atoms. The standard InChI is InChI=1S/C21H30O4/c1-12(22)21(25)9-6-16-14-11-18(24)17-10-13(23)4-7-19(17,2)15(14)5-8-20(16,21)3/h10,14-16,18,24-25H,4-9,11H2,1-3H3/t14-,15+,16+,18?,19-,20+,21+/m1/s1. The first kappa shape index (κ1) is 17.4. The summed E-state index contributed by atoms with van der Waals surface area (Å²) >= 11 is 0. The normalized spacial score (nSPS) is 52.0. The van der Waals surface area contributed by atoms with Gasteiger partial charge in [-0.25, -0.2) is 0 Å². The molecule has 4 heteroatoms. The first-order valence-electron chi connectivity index (χ1n) is 9.80. The Bertz CT molecular complexity index is 667. The number of rotatable bonds is 1. The summed E-state index contributed by atoms with van der Waals surface area (Å²) in [6.45, 7) is 5.83. The van der Waals surface area contributed by atoms with Crippen molar-refractivity contribution in [2.24, 2.45) is 28.6 Å². The highest BCUT2D eigenvalue weighted by Crippen LogP contribution is 2.67. The van der Waals surface area contributed by atoms with Crippen LogP contribution in [0.1, 0.15) is 65.7 Å². The molecule has 0 saturated heterocycles. The van der Waals surface area contributed by atoms with E-state index in [-0.39, 0.29) is 28.3 Å². The SMILES string of the molecule is CC(=O)[C@@]1(O)CC[C@H]2[C@@H]3CC(O)C4=CC(=O)CC[C@]4(C)[C@H]3CC[C@@]21C. The summed E-state index contributed by atoms with van der Waals surface area (Å²) in [4.78, 5) is 24.1. The second-order valence-corrected chi connectivity index (χ2v) is 9.52. The van der Waals surface area contributed by atoms with Crippen LogP contribution in [0.4, 0.5) is 0 Å². The maximum atomic E-state index is 12.2. The summed E-state index contributed by atoms with van der Waals surface area (Å²) < 4.78 is 0. The Hall–Kier alpha value is -1.00. The largest absolute Gasteiger partial charge is 0.389 e. The molecule has 0 aliphatic heterocycles. The number of ketones is 2. The Morgan fingerprint density at radius 3 is 2.52 bits per heavy atom. The summed E-state index contributed by atoms with van der Waals surface area (Å²) in [5.74, 6) is 1.05. The molecule has 0 aromatic rings. The van der Waals surface area contributed by atoms with Crippen LogP contribution >= 0.6 is 0 Å². The summed E-state index contributed by atoms with van der Waals surface area (Å²) in [5, 5.41) is 22.0. The highest BCUT2D eigenvalue weighted by Gasteiger charge is 2.66. The zero-order valence-electron chi connectivity index (χ0n) is 15.5. The van der Waals surface area contributed by atoms with Gasteiger partial charge in [-0.2, -0.15) is 0 Å². The number of hydrogen-bond acceptors (Lipinski definition) is 4. The Morgan fingerprint density at radius 1 is 1.16 bits per heavy atom. The summed E-state index contributed by atoms with van der Waals surface area (Å²) in [6, 6.07) is 0. The third-order valence-electron chi connectivity index (χ3n) is 8.71. The van der Waals surface area contributed by atoms with Gasteiger partial charge >= 0.3 is 0 Å². The molecule has 0 radical (unpaired) electrons. The second kappa shape index (κ2) is 5.26. The maximum absolute atomic E-state index is 12.2. The van der Waals surface area contributed by atoms with Gasteiger partial charge in [0.2, 0.25) is 0 Å². The van der Waals surface area contributed by atoms with E-state index in [1.165, 1.54) is 6.92 Å². The zero-order valence-corrected chi connectivity index (χ0v) is 15.5. The molecular formula is C21H30O4. The van der Waals surface area contributed by atoms with Crippen molar-refractivity contribution in [2.75, 3.05) is 0 Å². The topological polar surface area (TPSA) is 74.6 Å². The number of fused-ring (bicyclic) bond motifs is 5. The van der Waals surface area contributed by atoms with Gasteiger partial charge < -0.3 is 10.2 Å². The average molecular weight is 346 g/mol. The Kier molecular flexibility index (Phi) is 3.66. The minimum Gasteiger partial charge on any atom is -0.389 e. The molecule has 25 heavy (non-hydrogen) atoms. The van der Waals surface area contributed by atoms with Gasteiger partial charge in [0.25, 0.3) is 0 Å². The van der Waals surface area contributed by atoms with Crippen LogP contribution < -0.4 is 0 Å². The summed E-state index contributed by atoms with van der Waals surface area (Å²) in [6.07, 6.45) is 6.39. The molecule has 4 nitrogen and oxygen atoms in total. The van der Waals surface area contributed by atoms with Crippen molar-refractivity contribution in [1.82, 2.24) is 0 Å². The maximum Gasteiger partial charge on any atom is 0.161 e. The lowest BCUT2D eigenvalue weighted by molar-refractivity contribution is -0.162. The van der Waals surface area contributed by atoms with Gasteiger partial charge in [0.05, 0.1) is 6.10 Å². The van der Waals surface area contributed by atoms with Crippen molar-refractivity contribution in [2.45, 2.75) is 77.4 Å². The predicted molar refractivity (Wildman–Crippen MR) is 93.7 cm³/mol. The van der Waals surface area contributed by atoms with Crippen molar-refractivity contribution >= 4 is 11.6 Å². The van der Waals surface area contributed by atoms with Crippen LogP contribution in [-0.4, -0.2) is 33.5 Å². The molecule has 4 aliphatic carbocycles. The van der Waals surface area contributed by atoms with Crippen molar-refractivity contribution < 1.29 is 19.8 Å².